The van der Waals surface area contributed by atoms with Crippen molar-refractivity contribution in [1.29, 1.82) is 0 Å². The molecule has 0 spiro atoms. The van der Waals surface area contributed by atoms with Crippen molar-refractivity contribution in [2.24, 2.45) is 5.92 Å². The topological polar surface area (TPSA) is 69.4 Å². The lowest BCUT2D eigenvalue weighted by Crippen LogP contribution is -2.07. The molecule has 0 aromatic heterocycles. The molecule has 0 heterocycles. The molecule has 1 aromatic rings. The molecule has 5 heteroatoms. The van der Waals surface area contributed by atoms with Crippen LogP contribution in [0.5, 0.6) is 0 Å². The predicted molar refractivity (Wildman–Crippen MR) is 60.6 cm³/mol. The van der Waals surface area contributed by atoms with Gasteiger partial charge >= 0.3 is 5.97 Å². The average Bonchev–Trinajstić information content (AvgIpc) is 3.09. The lowest BCUT2D eigenvalue weighted by Gasteiger charge is -2.01. The van der Waals surface area contributed by atoms with Gasteiger partial charge in [-0.3, -0.25) is 14.9 Å². The van der Waals surface area contributed by atoms with Gasteiger partial charge in [0.25, 0.3) is 5.69 Å². The maximum atomic E-state index is 11.5. The Kier molecular flexibility index (Phi) is 3.08. The molecule has 0 bridgehead atoms. The first-order chi connectivity index (χ1) is 8.13. The molecule has 90 valence electrons. The summed E-state index contributed by atoms with van der Waals surface area (Å²) in [6.45, 7) is 2.14. The van der Waals surface area contributed by atoms with Gasteiger partial charge in [-0.25, -0.2) is 0 Å². The first kappa shape index (κ1) is 11.6. The normalized spacial score (nSPS) is 21.9. The van der Waals surface area contributed by atoms with E-state index in [0.717, 1.165) is 12.0 Å². The van der Waals surface area contributed by atoms with Crippen molar-refractivity contribution in [3.63, 3.8) is 0 Å². The van der Waals surface area contributed by atoms with Crippen LogP contribution >= 0.6 is 0 Å². The quantitative estimate of drug-likeness (QED) is 0.456. The number of rotatable bonds is 4. The van der Waals surface area contributed by atoms with Crippen molar-refractivity contribution in [2.75, 3.05) is 6.61 Å². The number of nitro groups is 1. The molecule has 5 nitrogen and oxygen atoms in total. The zero-order valence-electron chi connectivity index (χ0n) is 9.46. The number of benzene rings is 1. The van der Waals surface area contributed by atoms with Gasteiger partial charge < -0.3 is 4.74 Å². The van der Waals surface area contributed by atoms with Crippen LogP contribution in [-0.2, 0) is 9.53 Å². The van der Waals surface area contributed by atoms with E-state index in [-0.39, 0.29) is 23.5 Å². The molecule has 0 N–H and O–H groups in total. The van der Waals surface area contributed by atoms with Crippen LogP contribution < -0.4 is 0 Å². The van der Waals surface area contributed by atoms with E-state index in [1.807, 2.05) is 6.07 Å². The average molecular weight is 235 g/mol. The van der Waals surface area contributed by atoms with Gasteiger partial charge in [0.05, 0.1) is 17.4 Å². The van der Waals surface area contributed by atoms with Crippen LogP contribution in [0.1, 0.15) is 24.8 Å². The summed E-state index contributed by atoms with van der Waals surface area (Å²) in [5.41, 5.74) is 0.911. The number of nitro benzene ring substituents is 1. The van der Waals surface area contributed by atoms with Gasteiger partial charge in [0.15, 0.2) is 0 Å². The Morgan fingerprint density at radius 3 is 3.00 bits per heavy atom. The number of hydrogen-bond donors (Lipinski definition) is 0. The second-order valence-electron chi connectivity index (χ2n) is 4.05. The Bertz CT molecular complexity index is 458. The summed E-state index contributed by atoms with van der Waals surface area (Å²) in [6.07, 6.45) is 0.722. The van der Waals surface area contributed by atoms with Crippen LogP contribution in [0.4, 0.5) is 5.69 Å². The second-order valence-corrected chi connectivity index (χ2v) is 4.05. The SMILES string of the molecule is CCOC(=O)[C@@H]1C[C@H]1c1cccc([N+](=O)[O-])c1. The monoisotopic (exact) mass is 235 g/mol. The fraction of sp³-hybridized carbons (Fsp3) is 0.417. The van der Waals surface area contributed by atoms with Crippen LogP contribution in [0.15, 0.2) is 24.3 Å². The van der Waals surface area contributed by atoms with Crippen molar-refractivity contribution in [1.82, 2.24) is 0 Å². The number of non-ortho nitro benzene ring substituents is 1. The molecule has 2 rings (SSSR count). The van der Waals surface area contributed by atoms with Gasteiger partial charge in [0, 0.05) is 12.1 Å². The van der Waals surface area contributed by atoms with Crippen molar-refractivity contribution in [3.8, 4) is 0 Å². The molecule has 1 fully saturated rings. The molecule has 0 aliphatic heterocycles. The van der Waals surface area contributed by atoms with Crippen molar-refractivity contribution < 1.29 is 14.5 Å². The lowest BCUT2D eigenvalue weighted by molar-refractivity contribution is -0.384. The standard InChI is InChI=1S/C12H13NO4/c1-2-17-12(14)11-7-10(11)8-4-3-5-9(6-8)13(15)16/h3-6,10-11H,2,7H2,1H3/t10-,11+/m0/s1. The molecule has 2 atom stereocenters. The third-order valence-electron chi connectivity index (χ3n) is 2.89. The molecule has 1 saturated carbocycles. The van der Waals surface area contributed by atoms with Crippen LogP contribution in [-0.4, -0.2) is 17.5 Å². The second kappa shape index (κ2) is 4.53. The molecule has 0 radical (unpaired) electrons. The van der Waals surface area contributed by atoms with E-state index in [9.17, 15) is 14.9 Å². The van der Waals surface area contributed by atoms with Gasteiger partial charge in [-0.05, 0) is 24.8 Å². The third kappa shape index (κ3) is 2.43. The zero-order chi connectivity index (χ0) is 12.4. The smallest absolute Gasteiger partial charge is 0.309 e. The zero-order valence-corrected chi connectivity index (χ0v) is 9.46. The fourth-order valence-corrected chi connectivity index (χ4v) is 1.94. The number of carbonyl (C=O) groups is 1. The van der Waals surface area contributed by atoms with E-state index in [1.54, 1.807) is 13.0 Å². The highest BCUT2D eigenvalue weighted by Crippen LogP contribution is 2.48. The van der Waals surface area contributed by atoms with E-state index in [1.165, 1.54) is 12.1 Å². The van der Waals surface area contributed by atoms with Crippen LogP contribution in [0.2, 0.25) is 0 Å². The van der Waals surface area contributed by atoms with Crippen molar-refractivity contribution >= 4 is 11.7 Å². The van der Waals surface area contributed by atoms with E-state index >= 15 is 0 Å². The minimum absolute atomic E-state index is 0.0667. The molecule has 1 aliphatic carbocycles. The number of ether oxygens (including phenoxy) is 1. The van der Waals surface area contributed by atoms with E-state index in [2.05, 4.69) is 0 Å². The number of nitrogens with zero attached hydrogens (tertiary/aromatic N) is 1. The van der Waals surface area contributed by atoms with Gasteiger partial charge in [-0.2, -0.15) is 0 Å². The Morgan fingerprint density at radius 2 is 2.35 bits per heavy atom. The number of hydrogen-bond acceptors (Lipinski definition) is 4. The van der Waals surface area contributed by atoms with E-state index < -0.39 is 4.92 Å². The summed E-state index contributed by atoms with van der Waals surface area (Å²) in [6, 6.07) is 6.44. The summed E-state index contributed by atoms with van der Waals surface area (Å²) < 4.78 is 4.92. The van der Waals surface area contributed by atoms with E-state index in [4.69, 9.17) is 4.74 Å². The maximum absolute atomic E-state index is 11.5. The van der Waals surface area contributed by atoms with Crippen molar-refractivity contribution in [3.05, 3.63) is 39.9 Å². The highest BCUT2D eigenvalue weighted by Gasteiger charge is 2.45. The lowest BCUT2D eigenvalue weighted by atomic mass is 10.1. The Labute approximate surface area is 98.5 Å². The van der Waals surface area contributed by atoms with Crippen LogP contribution in [0, 0.1) is 16.0 Å². The minimum atomic E-state index is -0.425. The molecular weight excluding hydrogens is 222 g/mol. The van der Waals surface area contributed by atoms with Crippen LogP contribution in [0.3, 0.4) is 0 Å². The molecule has 0 saturated heterocycles. The Balaban J connectivity index is 2.08. The van der Waals surface area contributed by atoms with Crippen molar-refractivity contribution in [2.45, 2.75) is 19.3 Å². The highest BCUT2D eigenvalue weighted by molar-refractivity contribution is 5.77. The molecule has 0 amide bonds. The molecular formula is C12H13NO4. The molecule has 0 unspecified atom stereocenters. The molecule has 1 aliphatic rings. The summed E-state index contributed by atoms with van der Waals surface area (Å²) in [7, 11) is 0. The first-order valence-electron chi connectivity index (χ1n) is 5.54. The third-order valence-corrected chi connectivity index (χ3v) is 2.89. The first-order valence-corrected chi connectivity index (χ1v) is 5.54. The van der Waals surface area contributed by atoms with Gasteiger partial charge in [0.2, 0.25) is 0 Å². The Morgan fingerprint density at radius 1 is 1.59 bits per heavy atom. The summed E-state index contributed by atoms with van der Waals surface area (Å²) in [4.78, 5) is 21.7. The van der Waals surface area contributed by atoms with Crippen LogP contribution in [0.25, 0.3) is 0 Å². The highest BCUT2D eigenvalue weighted by atomic mass is 16.6. The minimum Gasteiger partial charge on any atom is -0.466 e. The summed E-state index contributed by atoms with van der Waals surface area (Å²) in [5, 5.41) is 10.6. The molecule has 1 aromatic carbocycles. The maximum Gasteiger partial charge on any atom is 0.309 e. The van der Waals surface area contributed by atoms with E-state index in [0.29, 0.717) is 6.61 Å². The largest absolute Gasteiger partial charge is 0.466 e. The summed E-state index contributed by atoms with van der Waals surface area (Å²) in [5.74, 6) is -0.255. The fourth-order valence-electron chi connectivity index (χ4n) is 1.94. The number of esters is 1. The predicted octanol–water partition coefficient (Wildman–Crippen LogP) is 2.26. The van der Waals surface area contributed by atoms with Gasteiger partial charge in [-0.1, -0.05) is 12.1 Å². The van der Waals surface area contributed by atoms with Gasteiger partial charge in [0.1, 0.15) is 0 Å². The molecule has 17 heavy (non-hydrogen) atoms. The number of carbonyl (C=O) groups excluding carboxylic acids is 1. The summed E-state index contributed by atoms with van der Waals surface area (Å²) >= 11 is 0. The Hall–Kier alpha value is -1.91. The van der Waals surface area contributed by atoms with Gasteiger partial charge in [-0.15, -0.1) is 0 Å².